The van der Waals surface area contributed by atoms with Crippen molar-refractivity contribution in [2.45, 2.75) is 26.2 Å². The van der Waals surface area contributed by atoms with Crippen LogP contribution in [0.1, 0.15) is 35.7 Å². The molecule has 0 N–H and O–H groups in total. The quantitative estimate of drug-likeness (QED) is 0.774. The Morgan fingerprint density at radius 1 is 1.38 bits per heavy atom. The number of benzene rings is 1. The van der Waals surface area contributed by atoms with Gasteiger partial charge >= 0.3 is 0 Å². The van der Waals surface area contributed by atoms with E-state index in [1.54, 1.807) is 6.07 Å². The lowest BCUT2D eigenvalue weighted by Gasteiger charge is -2.15. The van der Waals surface area contributed by atoms with Crippen LogP contribution in [0.25, 0.3) is 0 Å². The second kappa shape index (κ2) is 4.88. The van der Waals surface area contributed by atoms with Gasteiger partial charge in [0.05, 0.1) is 0 Å². The fraction of sp³-hybridized carbons (Fsp3) is 0.462. The molecule has 0 saturated carbocycles. The lowest BCUT2D eigenvalue weighted by Crippen LogP contribution is -2.27. The van der Waals surface area contributed by atoms with Crippen molar-refractivity contribution in [2.75, 3.05) is 13.1 Å². The van der Waals surface area contributed by atoms with Crippen LogP contribution in [0.4, 0.5) is 0 Å². The van der Waals surface area contributed by atoms with Crippen LogP contribution in [-0.2, 0) is 6.42 Å². The zero-order valence-corrected chi connectivity index (χ0v) is 10.3. The molecule has 1 aromatic rings. The normalized spacial score (nSPS) is 15.5. The number of nitrogens with zero attached hydrogens (tertiary/aromatic N) is 1. The van der Waals surface area contributed by atoms with E-state index in [9.17, 15) is 4.79 Å². The first kappa shape index (κ1) is 11.5. The first-order chi connectivity index (χ1) is 7.72. The van der Waals surface area contributed by atoms with Crippen LogP contribution in [0.15, 0.2) is 18.2 Å². The molecule has 16 heavy (non-hydrogen) atoms. The van der Waals surface area contributed by atoms with Crippen molar-refractivity contribution in [3.05, 3.63) is 34.3 Å². The zero-order chi connectivity index (χ0) is 11.5. The highest BCUT2D eigenvalue weighted by molar-refractivity contribution is 6.31. The Hall–Kier alpha value is -1.02. The van der Waals surface area contributed by atoms with Gasteiger partial charge in [-0.05, 0) is 37.0 Å². The second-order valence-electron chi connectivity index (χ2n) is 4.16. The number of halogens is 1. The van der Waals surface area contributed by atoms with Crippen LogP contribution in [0.5, 0.6) is 0 Å². The van der Waals surface area contributed by atoms with Crippen molar-refractivity contribution in [2.24, 2.45) is 0 Å². The maximum atomic E-state index is 12.1. The van der Waals surface area contributed by atoms with Gasteiger partial charge in [-0.15, -0.1) is 0 Å². The minimum absolute atomic E-state index is 0.113. The Morgan fingerprint density at radius 2 is 2.06 bits per heavy atom. The van der Waals surface area contributed by atoms with Crippen LogP contribution in [-0.4, -0.2) is 23.9 Å². The van der Waals surface area contributed by atoms with Gasteiger partial charge in [0.1, 0.15) is 0 Å². The summed E-state index contributed by atoms with van der Waals surface area (Å²) in [7, 11) is 0. The van der Waals surface area contributed by atoms with E-state index in [1.807, 2.05) is 17.0 Å². The average molecular weight is 238 g/mol. The summed E-state index contributed by atoms with van der Waals surface area (Å²) in [5.41, 5.74) is 1.81. The summed E-state index contributed by atoms with van der Waals surface area (Å²) in [4.78, 5) is 14.0. The largest absolute Gasteiger partial charge is 0.339 e. The predicted molar refractivity (Wildman–Crippen MR) is 66.0 cm³/mol. The van der Waals surface area contributed by atoms with Gasteiger partial charge in [-0.1, -0.05) is 24.6 Å². The Bertz CT molecular complexity index is 397. The summed E-state index contributed by atoms with van der Waals surface area (Å²) < 4.78 is 0. The van der Waals surface area contributed by atoms with E-state index >= 15 is 0 Å². The number of carbonyl (C=O) groups is 1. The topological polar surface area (TPSA) is 20.3 Å². The van der Waals surface area contributed by atoms with Crippen LogP contribution < -0.4 is 0 Å². The summed E-state index contributed by atoms with van der Waals surface area (Å²) >= 11 is 6.11. The maximum absolute atomic E-state index is 12.1. The molecule has 0 aliphatic carbocycles. The summed E-state index contributed by atoms with van der Waals surface area (Å²) in [6.45, 7) is 3.82. The lowest BCUT2D eigenvalue weighted by atomic mass is 10.1. The molecule has 0 radical (unpaired) electrons. The second-order valence-corrected chi connectivity index (χ2v) is 4.57. The first-order valence-electron chi connectivity index (χ1n) is 5.80. The monoisotopic (exact) mass is 237 g/mol. The Kier molecular flexibility index (Phi) is 3.49. The molecule has 1 amide bonds. The van der Waals surface area contributed by atoms with E-state index in [4.69, 9.17) is 11.6 Å². The lowest BCUT2D eigenvalue weighted by molar-refractivity contribution is 0.0793. The van der Waals surface area contributed by atoms with Crippen LogP contribution in [0, 0.1) is 0 Å². The smallest absolute Gasteiger partial charge is 0.253 e. The molecule has 0 aromatic heterocycles. The van der Waals surface area contributed by atoms with Crippen molar-refractivity contribution in [1.29, 1.82) is 0 Å². The summed E-state index contributed by atoms with van der Waals surface area (Å²) in [6.07, 6.45) is 3.13. The molecule has 2 nitrogen and oxygen atoms in total. The Balaban J connectivity index is 2.20. The van der Waals surface area contributed by atoms with Gasteiger partial charge in [-0.3, -0.25) is 4.79 Å². The average Bonchev–Trinajstić information content (AvgIpc) is 2.81. The molecular weight excluding hydrogens is 222 g/mol. The molecule has 2 rings (SSSR count). The minimum atomic E-state index is 0.113. The highest BCUT2D eigenvalue weighted by atomic mass is 35.5. The standard InChI is InChI=1S/C13H16ClNO/c1-2-10-5-6-11(9-12(10)14)13(16)15-7-3-4-8-15/h5-6,9H,2-4,7-8H2,1H3. The van der Waals surface area contributed by atoms with E-state index in [0.29, 0.717) is 10.6 Å². The molecule has 1 aliphatic rings. The minimum Gasteiger partial charge on any atom is -0.339 e. The Labute approximate surface area is 101 Å². The number of amides is 1. The van der Waals surface area contributed by atoms with Gasteiger partial charge in [0, 0.05) is 23.7 Å². The molecule has 0 unspecified atom stereocenters. The molecule has 0 bridgehead atoms. The Morgan fingerprint density at radius 3 is 2.62 bits per heavy atom. The van der Waals surface area contributed by atoms with E-state index < -0.39 is 0 Å². The fourth-order valence-corrected chi connectivity index (χ4v) is 2.38. The highest BCUT2D eigenvalue weighted by Crippen LogP contribution is 2.20. The molecule has 1 fully saturated rings. The third-order valence-electron chi connectivity index (χ3n) is 3.07. The van der Waals surface area contributed by atoms with Gasteiger partial charge in [0.15, 0.2) is 0 Å². The van der Waals surface area contributed by atoms with Crippen molar-refractivity contribution in [1.82, 2.24) is 4.90 Å². The van der Waals surface area contributed by atoms with Crippen LogP contribution >= 0.6 is 11.6 Å². The molecule has 3 heteroatoms. The predicted octanol–water partition coefficient (Wildman–Crippen LogP) is 3.14. The number of likely N-dealkylation sites (tertiary alicyclic amines) is 1. The third kappa shape index (κ3) is 2.22. The molecular formula is C13H16ClNO. The summed E-state index contributed by atoms with van der Waals surface area (Å²) in [5, 5.41) is 0.701. The summed E-state index contributed by atoms with van der Waals surface area (Å²) in [5.74, 6) is 0.113. The summed E-state index contributed by atoms with van der Waals surface area (Å²) in [6, 6.07) is 5.62. The molecule has 0 spiro atoms. The van der Waals surface area contributed by atoms with Crippen molar-refractivity contribution in [3.8, 4) is 0 Å². The van der Waals surface area contributed by atoms with Crippen molar-refractivity contribution >= 4 is 17.5 Å². The maximum Gasteiger partial charge on any atom is 0.253 e. The van der Waals surface area contributed by atoms with Gasteiger partial charge in [-0.2, -0.15) is 0 Å². The van der Waals surface area contributed by atoms with Crippen molar-refractivity contribution < 1.29 is 4.79 Å². The molecule has 1 heterocycles. The number of rotatable bonds is 2. The van der Waals surface area contributed by atoms with Crippen LogP contribution in [0.3, 0.4) is 0 Å². The molecule has 1 saturated heterocycles. The molecule has 0 atom stereocenters. The van der Waals surface area contributed by atoms with E-state index in [1.165, 1.54) is 0 Å². The SMILES string of the molecule is CCc1ccc(C(=O)N2CCCC2)cc1Cl. The number of hydrogen-bond donors (Lipinski definition) is 0. The number of aryl methyl sites for hydroxylation is 1. The molecule has 1 aromatic carbocycles. The first-order valence-corrected chi connectivity index (χ1v) is 6.18. The molecule has 86 valence electrons. The van der Waals surface area contributed by atoms with Gasteiger partial charge in [-0.25, -0.2) is 0 Å². The third-order valence-corrected chi connectivity index (χ3v) is 3.43. The van der Waals surface area contributed by atoms with Gasteiger partial charge < -0.3 is 4.90 Å². The van der Waals surface area contributed by atoms with Crippen LogP contribution in [0.2, 0.25) is 5.02 Å². The number of carbonyl (C=O) groups excluding carboxylic acids is 1. The van der Waals surface area contributed by atoms with Crippen molar-refractivity contribution in [3.63, 3.8) is 0 Å². The number of hydrogen-bond acceptors (Lipinski definition) is 1. The van der Waals surface area contributed by atoms with E-state index in [0.717, 1.165) is 37.9 Å². The zero-order valence-electron chi connectivity index (χ0n) is 9.50. The van der Waals surface area contributed by atoms with Gasteiger partial charge in [0.25, 0.3) is 5.91 Å². The van der Waals surface area contributed by atoms with E-state index in [-0.39, 0.29) is 5.91 Å². The van der Waals surface area contributed by atoms with E-state index in [2.05, 4.69) is 6.92 Å². The fourth-order valence-electron chi connectivity index (χ4n) is 2.07. The highest BCUT2D eigenvalue weighted by Gasteiger charge is 2.19. The van der Waals surface area contributed by atoms with Gasteiger partial charge in [0.2, 0.25) is 0 Å². The molecule has 1 aliphatic heterocycles.